The van der Waals surface area contributed by atoms with Crippen molar-refractivity contribution in [3.8, 4) is 0 Å². The second kappa shape index (κ2) is 5.93. The maximum absolute atomic E-state index is 5.29. The van der Waals surface area contributed by atoms with Gasteiger partial charge in [0, 0.05) is 26.1 Å². The Morgan fingerprint density at radius 2 is 2.19 bits per heavy atom. The first-order valence-corrected chi connectivity index (χ1v) is 5.64. The molecule has 0 amide bonds. The molecule has 0 bridgehead atoms. The third-order valence-electron chi connectivity index (χ3n) is 2.59. The van der Waals surface area contributed by atoms with E-state index in [2.05, 4.69) is 20.4 Å². The van der Waals surface area contributed by atoms with Crippen molar-refractivity contribution in [1.29, 1.82) is 0 Å². The van der Waals surface area contributed by atoms with Crippen molar-refractivity contribution >= 4 is 0 Å². The fraction of sp³-hybridized carbons (Fsp3) is 0.800. The van der Waals surface area contributed by atoms with Gasteiger partial charge in [0.05, 0.1) is 19.8 Å². The predicted molar refractivity (Wildman–Crippen MR) is 58.0 cm³/mol. The van der Waals surface area contributed by atoms with E-state index in [9.17, 15) is 0 Å². The molecule has 1 aliphatic heterocycles. The molecule has 1 aliphatic rings. The van der Waals surface area contributed by atoms with Gasteiger partial charge in [-0.15, -0.1) is 0 Å². The number of ether oxygens (including phenoxy) is 1. The number of hydrogen-bond acceptors (Lipinski definition) is 6. The molecule has 1 saturated heterocycles. The number of rotatable bonds is 5. The summed E-state index contributed by atoms with van der Waals surface area (Å²) in [6.45, 7) is 5.27. The Morgan fingerprint density at radius 3 is 2.94 bits per heavy atom. The third-order valence-corrected chi connectivity index (χ3v) is 2.59. The molecule has 1 aromatic rings. The van der Waals surface area contributed by atoms with Crippen molar-refractivity contribution in [2.75, 3.05) is 39.9 Å². The smallest absolute Gasteiger partial charge is 0.227 e. The molecular formula is C10H18N4O2. The average molecular weight is 226 g/mol. The second-order valence-electron chi connectivity index (χ2n) is 3.84. The SMILES string of the molecule is CNCc1noc(CCN2CCOCC2)n1. The Labute approximate surface area is 95.0 Å². The molecule has 90 valence electrons. The summed E-state index contributed by atoms with van der Waals surface area (Å²) in [5, 5.41) is 6.87. The minimum atomic E-state index is 0.654. The van der Waals surface area contributed by atoms with Gasteiger partial charge < -0.3 is 14.6 Å². The Morgan fingerprint density at radius 1 is 1.38 bits per heavy atom. The van der Waals surface area contributed by atoms with Crippen LogP contribution >= 0.6 is 0 Å². The first kappa shape index (κ1) is 11.5. The summed E-state index contributed by atoms with van der Waals surface area (Å²) >= 11 is 0. The summed E-state index contributed by atoms with van der Waals surface area (Å²) in [7, 11) is 1.86. The summed E-state index contributed by atoms with van der Waals surface area (Å²) in [6.07, 6.45) is 0.816. The van der Waals surface area contributed by atoms with E-state index in [0.29, 0.717) is 6.54 Å². The van der Waals surface area contributed by atoms with Crippen LogP contribution in [-0.4, -0.2) is 54.9 Å². The average Bonchev–Trinajstić information content (AvgIpc) is 2.76. The molecule has 0 atom stereocenters. The van der Waals surface area contributed by atoms with Crippen molar-refractivity contribution in [3.05, 3.63) is 11.7 Å². The summed E-state index contributed by atoms with van der Waals surface area (Å²) in [5.74, 6) is 1.44. The summed E-state index contributed by atoms with van der Waals surface area (Å²) in [5.41, 5.74) is 0. The number of nitrogens with one attached hydrogen (secondary N) is 1. The lowest BCUT2D eigenvalue weighted by molar-refractivity contribution is 0.0375. The fourth-order valence-corrected chi connectivity index (χ4v) is 1.70. The maximum Gasteiger partial charge on any atom is 0.227 e. The van der Waals surface area contributed by atoms with Crippen LogP contribution in [0, 0.1) is 0 Å². The quantitative estimate of drug-likeness (QED) is 0.741. The number of hydrogen-bond donors (Lipinski definition) is 1. The number of nitrogens with zero attached hydrogens (tertiary/aromatic N) is 3. The predicted octanol–water partition coefficient (Wildman–Crippen LogP) is -0.336. The zero-order chi connectivity index (χ0) is 11.2. The molecule has 2 heterocycles. The summed E-state index contributed by atoms with van der Waals surface area (Å²) in [6, 6.07) is 0. The van der Waals surface area contributed by atoms with Crippen LogP contribution in [0.4, 0.5) is 0 Å². The highest BCUT2D eigenvalue weighted by atomic mass is 16.5. The van der Waals surface area contributed by atoms with E-state index >= 15 is 0 Å². The van der Waals surface area contributed by atoms with Crippen LogP contribution in [-0.2, 0) is 17.7 Å². The molecule has 0 aliphatic carbocycles. The highest BCUT2D eigenvalue weighted by Crippen LogP contribution is 2.02. The fourth-order valence-electron chi connectivity index (χ4n) is 1.70. The van der Waals surface area contributed by atoms with Crippen molar-refractivity contribution in [2.24, 2.45) is 0 Å². The van der Waals surface area contributed by atoms with Gasteiger partial charge in [-0.2, -0.15) is 4.98 Å². The van der Waals surface area contributed by atoms with Gasteiger partial charge in [-0.1, -0.05) is 5.16 Å². The lowest BCUT2D eigenvalue weighted by Crippen LogP contribution is -2.37. The van der Waals surface area contributed by atoms with E-state index < -0.39 is 0 Å². The Hall–Kier alpha value is -0.980. The van der Waals surface area contributed by atoms with E-state index in [1.807, 2.05) is 7.05 Å². The topological polar surface area (TPSA) is 63.4 Å². The molecular weight excluding hydrogens is 208 g/mol. The normalized spacial score (nSPS) is 17.8. The van der Waals surface area contributed by atoms with Gasteiger partial charge in [-0.05, 0) is 7.05 Å². The van der Waals surface area contributed by atoms with Gasteiger partial charge in [-0.25, -0.2) is 0 Å². The molecule has 1 N–H and O–H groups in total. The first-order chi connectivity index (χ1) is 7.88. The summed E-state index contributed by atoms with van der Waals surface area (Å²) in [4.78, 5) is 6.64. The van der Waals surface area contributed by atoms with Crippen LogP contribution in [0.3, 0.4) is 0 Å². The molecule has 0 spiro atoms. The van der Waals surface area contributed by atoms with Crippen molar-refractivity contribution in [1.82, 2.24) is 20.4 Å². The van der Waals surface area contributed by atoms with E-state index in [-0.39, 0.29) is 0 Å². The Bertz CT molecular complexity index is 310. The zero-order valence-electron chi connectivity index (χ0n) is 9.61. The van der Waals surface area contributed by atoms with Gasteiger partial charge in [0.25, 0.3) is 0 Å². The van der Waals surface area contributed by atoms with Crippen LogP contribution in [0.2, 0.25) is 0 Å². The molecule has 0 radical (unpaired) electrons. The lowest BCUT2D eigenvalue weighted by Gasteiger charge is -2.25. The second-order valence-corrected chi connectivity index (χ2v) is 3.84. The van der Waals surface area contributed by atoms with Crippen LogP contribution in [0.15, 0.2) is 4.52 Å². The van der Waals surface area contributed by atoms with Crippen LogP contribution < -0.4 is 5.32 Å². The number of aromatic nitrogens is 2. The highest BCUT2D eigenvalue weighted by Gasteiger charge is 2.12. The molecule has 0 aromatic carbocycles. The maximum atomic E-state index is 5.29. The van der Waals surface area contributed by atoms with E-state index in [1.165, 1.54) is 0 Å². The third kappa shape index (κ3) is 3.26. The lowest BCUT2D eigenvalue weighted by atomic mass is 10.3. The van der Waals surface area contributed by atoms with Crippen LogP contribution in [0.5, 0.6) is 0 Å². The minimum absolute atomic E-state index is 0.654. The van der Waals surface area contributed by atoms with Crippen molar-refractivity contribution in [2.45, 2.75) is 13.0 Å². The van der Waals surface area contributed by atoms with Gasteiger partial charge >= 0.3 is 0 Å². The van der Waals surface area contributed by atoms with E-state index in [4.69, 9.17) is 9.26 Å². The molecule has 6 nitrogen and oxygen atoms in total. The molecule has 0 saturated carbocycles. The zero-order valence-corrected chi connectivity index (χ0v) is 9.61. The standard InChI is InChI=1S/C10H18N4O2/c1-11-8-9-12-10(16-13-9)2-3-14-4-6-15-7-5-14/h11H,2-8H2,1H3. The van der Waals surface area contributed by atoms with Crippen molar-refractivity contribution in [3.63, 3.8) is 0 Å². The molecule has 1 aromatic heterocycles. The van der Waals surface area contributed by atoms with Gasteiger partial charge in [0.1, 0.15) is 0 Å². The number of morpholine rings is 1. The molecule has 6 heteroatoms. The van der Waals surface area contributed by atoms with Crippen LogP contribution in [0.1, 0.15) is 11.7 Å². The highest BCUT2D eigenvalue weighted by molar-refractivity contribution is 4.86. The minimum Gasteiger partial charge on any atom is -0.379 e. The Balaban J connectivity index is 1.75. The molecule has 2 rings (SSSR count). The molecule has 1 fully saturated rings. The monoisotopic (exact) mass is 226 g/mol. The first-order valence-electron chi connectivity index (χ1n) is 5.64. The van der Waals surface area contributed by atoms with Gasteiger partial charge in [0.2, 0.25) is 5.89 Å². The summed E-state index contributed by atoms with van der Waals surface area (Å²) < 4.78 is 10.4. The van der Waals surface area contributed by atoms with Crippen LogP contribution in [0.25, 0.3) is 0 Å². The molecule has 16 heavy (non-hydrogen) atoms. The van der Waals surface area contributed by atoms with E-state index in [0.717, 1.165) is 51.0 Å². The van der Waals surface area contributed by atoms with Gasteiger partial charge in [0.15, 0.2) is 5.82 Å². The Kier molecular flexibility index (Phi) is 4.26. The van der Waals surface area contributed by atoms with Crippen molar-refractivity contribution < 1.29 is 9.26 Å². The van der Waals surface area contributed by atoms with E-state index in [1.54, 1.807) is 0 Å². The molecule has 0 unspecified atom stereocenters. The van der Waals surface area contributed by atoms with Gasteiger partial charge in [-0.3, -0.25) is 4.90 Å². The largest absolute Gasteiger partial charge is 0.379 e.